The first-order chi connectivity index (χ1) is 22.2. The van der Waals surface area contributed by atoms with Crippen LogP contribution in [-0.2, 0) is 34.3 Å². The van der Waals surface area contributed by atoms with Crippen LogP contribution in [0.15, 0.2) is 97.0 Å². The predicted octanol–water partition coefficient (Wildman–Crippen LogP) is 5.10. The lowest BCUT2D eigenvalue weighted by Crippen LogP contribution is -2.25. The SMILES string of the molecule is C=C/C=C\C=C.C=O.C=O.CCCOS(=O)(=O)O.Cc1cccc(Nc2cc(S(=O)(=O)O)c(N)c3c2C(=O)c2ccccc2C3=O)c1. The van der Waals surface area contributed by atoms with Gasteiger partial charge in [0, 0.05) is 16.8 Å². The monoisotopic (exact) mass is 688 g/mol. The lowest BCUT2D eigenvalue weighted by Gasteiger charge is -2.23. The maximum atomic E-state index is 13.2. The molecule has 0 unspecified atom stereocenters. The third-order valence-electron chi connectivity index (χ3n) is 5.59. The van der Waals surface area contributed by atoms with Gasteiger partial charge in [-0.15, -0.1) is 0 Å². The van der Waals surface area contributed by atoms with Crippen molar-refractivity contribution in [1.82, 2.24) is 0 Å². The quantitative estimate of drug-likeness (QED) is 0.107. The molecule has 47 heavy (non-hydrogen) atoms. The van der Waals surface area contributed by atoms with Gasteiger partial charge in [-0.2, -0.15) is 16.8 Å². The maximum Gasteiger partial charge on any atom is 0.397 e. The number of nitrogens with two attached hydrogens (primary N) is 1. The third kappa shape index (κ3) is 12.7. The Bertz CT molecular complexity index is 1810. The Morgan fingerprint density at radius 1 is 0.830 bits per heavy atom. The molecule has 0 heterocycles. The highest BCUT2D eigenvalue weighted by molar-refractivity contribution is 7.86. The molecule has 0 radical (unpaired) electrons. The Morgan fingerprint density at radius 2 is 1.34 bits per heavy atom. The summed E-state index contributed by atoms with van der Waals surface area (Å²) >= 11 is 0. The van der Waals surface area contributed by atoms with Crippen LogP contribution >= 0.6 is 0 Å². The minimum absolute atomic E-state index is 0.0277. The van der Waals surface area contributed by atoms with E-state index in [-0.39, 0.29) is 34.5 Å². The van der Waals surface area contributed by atoms with Gasteiger partial charge < -0.3 is 20.6 Å². The van der Waals surface area contributed by atoms with Gasteiger partial charge in [-0.05, 0) is 37.1 Å². The van der Waals surface area contributed by atoms with E-state index in [4.69, 9.17) is 19.9 Å². The minimum Gasteiger partial charge on any atom is -0.397 e. The predicted molar refractivity (Wildman–Crippen MR) is 180 cm³/mol. The van der Waals surface area contributed by atoms with Crippen LogP contribution in [0.2, 0.25) is 0 Å². The fraction of sp³-hybridized carbons (Fsp3) is 0.125. The number of nitrogens with one attached hydrogen (secondary N) is 1. The molecule has 0 fully saturated rings. The van der Waals surface area contributed by atoms with Gasteiger partial charge in [0.15, 0.2) is 11.6 Å². The van der Waals surface area contributed by atoms with E-state index >= 15 is 0 Å². The number of hydrogen-bond donors (Lipinski definition) is 4. The second kappa shape index (κ2) is 20.1. The topological polar surface area (TPSA) is 224 Å². The van der Waals surface area contributed by atoms with E-state index in [0.29, 0.717) is 12.1 Å². The second-order valence-electron chi connectivity index (χ2n) is 8.87. The third-order valence-corrected chi connectivity index (χ3v) is 6.95. The number of ketones is 2. The Kier molecular flexibility index (Phi) is 18.0. The smallest absolute Gasteiger partial charge is 0.397 e. The number of rotatable bonds is 8. The first-order valence-electron chi connectivity index (χ1n) is 13.2. The van der Waals surface area contributed by atoms with Crippen molar-refractivity contribution in [2.24, 2.45) is 0 Å². The average Bonchev–Trinajstić information content (AvgIpc) is 3.04. The summed E-state index contributed by atoms with van der Waals surface area (Å²) in [5.74, 6) is -1.04. The molecule has 3 aromatic carbocycles. The highest BCUT2D eigenvalue weighted by atomic mass is 32.3. The van der Waals surface area contributed by atoms with Crippen LogP contribution in [0.5, 0.6) is 0 Å². The zero-order valence-corrected chi connectivity index (χ0v) is 27.3. The first kappa shape index (κ1) is 41.9. The van der Waals surface area contributed by atoms with Crippen molar-refractivity contribution in [2.45, 2.75) is 25.2 Å². The molecule has 0 spiro atoms. The van der Waals surface area contributed by atoms with Gasteiger partial charge in [-0.3, -0.25) is 18.7 Å². The van der Waals surface area contributed by atoms with Crippen molar-refractivity contribution >= 4 is 62.7 Å². The zero-order chi connectivity index (χ0) is 36.4. The highest BCUT2D eigenvalue weighted by Gasteiger charge is 2.36. The van der Waals surface area contributed by atoms with E-state index in [1.807, 2.05) is 38.7 Å². The van der Waals surface area contributed by atoms with Crippen LogP contribution in [0.3, 0.4) is 0 Å². The fourth-order valence-corrected chi connectivity index (χ4v) is 4.85. The average molecular weight is 689 g/mol. The number of anilines is 3. The van der Waals surface area contributed by atoms with Gasteiger partial charge in [0.2, 0.25) is 0 Å². The van der Waals surface area contributed by atoms with Crippen LogP contribution in [0.4, 0.5) is 17.1 Å². The number of fused-ring (bicyclic) bond motifs is 2. The van der Waals surface area contributed by atoms with E-state index in [0.717, 1.165) is 11.6 Å². The highest BCUT2D eigenvalue weighted by Crippen LogP contribution is 2.40. The van der Waals surface area contributed by atoms with Crippen LogP contribution in [0.25, 0.3) is 0 Å². The molecule has 15 heteroatoms. The largest absolute Gasteiger partial charge is 0.397 e. The molecule has 0 bridgehead atoms. The number of hydrogen-bond acceptors (Lipinski definition) is 11. The molecule has 252 valence electrons. The lowest BCUT2D eigenvalue weighted by atomic mass is 9.82. The van der Waals surface area contributed by atoms with Crippen LogP contribution in [0, 0.1) is 6.92 Å². The molecule has 0 aliphatic heterocycles. The first-order valence-corrected chi connectivity index (χ1v) is 16.0. The van der Waals surface area contributed by atoms with E-state index in [2.05, 4.69) is 22.7 Å². The molecule has 4 rings (SSSR count). The van der Waals surface area contributed by atoms with Crippen molar-refractivity contribution < 1.29 is 49.3 Å². The maximum absolute atomic E-state index is 13.2. The Balaban J connectivity index is 0.000000977. The number of nitrogen functional groups attached to an aromatic ring is 1. The minimum atomic E-state index is -4.74. The van der Waals surface area contributed by atoms with Crippen molar-refractivity contribution in [1.29, 1.82) is 0 Å². The number of benzene rings is 3. The van der Waals surface area contributed by atoms with Crippen LogP contribution in [-0.4, -0.2) is 57.7 Å². The summed E-state index contributed by atoms with van der Waals surface area (Å²) in [7, 11) is -8.92. The molecule has 5 N–H and O–H groups in total. The molecule has 1 aliphatic carbocycles. The summed E-state index contributed by atoms with van der Waals surface area (Å²) < 4.78 is 64.6. The molecule has 3 aromatic rings. The summed E-state index contributed by atoms with van der Waals surface area (Å²) in [6, 6.07) is 14.5. The molecular formula is C32H36N2O11S2. The molecule has 0 aromatic heterocycles. The van der Waals surface area contributed by atoms with E-state index < -0.39 is 42.7 Å². The zero-order valence-electron chi connectivity index (χ0n) is 25.7. The van der Waals surface area contributed by atoms with E-state index in [1.54, 1.807) is 49.4 Å². The summed E-state index contributed by atoms with van der Waals surface area (Å²) in [4.78, 5) is 41.6. The molecule has 13 nitrogen and oxygen atoms in total. The summed E-state index contributed by atoms with van der Waals surface area (Å²) in [5, 5.41) is 2.99. The molecule has 0 amide bonds. The summed E-state index contributed by atoms with van der Waals surface area (Å²) in [6.07, 6.45) is 7.64. The summed E-state index contributed by atoms with van der Waals surface area (Å²) in [5.41, 5.74) is 7.15. The molecule has 0 saturated heterocycles. The number of carbonyl (C=O) groups is 4. The summed E-state index contributed by atoms with van der Waals surface area (Å²) in [6.45, 7) is 14.6. The Morgan fingerprint density at radius 3 is 1.74 bits per heavy atom. The van der Waals surface area contributed by atoms with Crippen molar-refractivity contribution in [3.63, 3.8) is 0 Å². The van der Waals surface area contributed by atoms with Crippen molar-refractivity contribution in [3.05, 3.63) is 120 Å². The van der Waals surface area contributed by atoms with Gasteiger partial charge in [-0.1, -0.05) is 80.8 Å². The second-order valence-corrected chi connectivity index (χ2v) is 11.3. The van der Waals surface area contributed by atoms with Gasteiger partial charge in [-0.25, -0.2) is 4.18 Å². The van der Waals surface area contributed by atoms with Gasteiger partial charge in [0.1, 0.15) is 18.5 Å². The molecule has 0 saturated carbocycles. The fourth-order valence-electron chi connectivity index (χ4n) is 3.83. The Labute approximate surface area is 274 Å². The number of allylic oxidation sites excluding steroid dienone is 4. The Hall–Kier alpha value is -5.06. The lowest BCUT2D eigenvalue weighted by molar-refractivity contribution is -0.0987. The van der Waals surface area contributed by atoms with E-state index in [1.165, 1.54) is 12.1 Å². The van der Waals surface area contributed by atoms with Crippen molar-refractivity contribution in [2.75, 3.05) is 17.7 Å². The van der Waals surface area contributed by atoms with Crippen LogP contribution < -0.4 is 11.1 Å². The van der Waals surface area contributed by atoms with Gasteiger partial charge in [0.05, 0.1) is 29.1 Å². The van der Waals surface area contributed by atoms with Crippen LogP contribution in [0.1, 0.15) is 50.8 Å². The van der Waals surface area contributed by atoms with Gasteiger partial charge >= 0.3 is 10.4 Å². The van der Waals surface area contributed by atoms with E-state index in [9.17, 15) is 31.0 Å². The number of carbonyl (C=O) groups excluding carboxylic acids is 4. The number of aryl methyl sites for hydroxylation is 1. The molecular weight excluding hydrogens is 652 g/mol. The normalized spacial score (nSPS) is 11.3. The standard InChI is InChI=1S/C21H16N2O5S.C6H8.C3H8O4S.2CH2O/c1-11-5-4-6-12(9-11)23-15-10-16(29(26,27)28)19(22)18-17(15)20(24)13-7-2-3-8-14(13)21(18)25;1-3-5-6-4-2;1-2-3-7-8(4,5)6;2*1-2/h2-10,23H,22H2,1H3,(H,26,27,28);3-6H,1-2H2;2-3H2,1H3,(H,4,5,6);2*1H2/b;6-5-;;;. The van der Waals surface area contributed by atoms with Gasteiger partial charge in [0.25, 0.3) is 10.1 Å². The van der Waals surface area contributed by atoms with Crippen molar-refractivity contribution in [3.8, 4) is 0 Å². The molecule has 1 aliphatic rings. The molecule has 0 atom stereocenters.